The third kappa shape index (κ3) is 3.90. The van der Waals surface area contributed by atoms with Crippen molar-refractivity contribution in [1.29, 1.82) is 0 Å². The highest BCUT2D eigenvalue weighted by Gasteiger charge is 2.09. The topological polar surface area (TPSA) is 52.6 Å². The summed E-state index contributed by atoms with van der Waals surface area (Å²) < 4.78 is 9.90. The van der Waals surface area contributed by atoms with E-state index in [9.17, 15) is 9.59 Å². The van der Waals surface area contributed by atoms with Crippen LogP contribution in [0.5, 0.6) is 5.75 Å². The number of carbonyl (C=O) groups excluding carboxylic acids is 2. The second-order valence-electron chi connectivity index (χ2n) is 3.73. The minimum absolute atomic E-state index is 0.0539. The van der Waals surface area contributed by atoms with Gasteiger partial charge in [0.1, 0.15) is 5.75 Å². The van der Waals surface area contributed by atoms with E-state index in [1.807, 2.05) is 13.0 Å². The molecule has 1 rings (SSSR count). The normalized spacial score (nSPS) is 9.82. The highest BCUT2D eigenvalue weighted by Crippen LogP contribution is 2.20. The summed E-state index contributed by atoms with van der Waals surface area (Å²) >= 11 is 0. The Morgan fingerprint density at radius 3 is 2.59 bits per heavy atom. The van der Waals surface area contributed by atoms with Gasteiger partial charge in [0.15, 0.2) is 5.78 Å². The van der Waals surface area contributed by atoms with Gasteiger partial charge in [-0.1, -0.05) is 11.6 Å². The predicted molar refractivity (Wildman–Crippen MR) is 63.3 cm³/mol. The van der Waals surface area contributed by atoms with Crippen LogP contribution in [0.4, 0.5) is 0 Å². The summed E-state index contributed by atoms with van der Waals surface area (Å²) in [6, 6.07) is 5.37. The number of carbonyl (C=O) groups is 2. The second-order valence-corrected chi connectivity index (χ2v) is 3.73. The Balaban J connectivity index is 2.70. The zero-order valence-electron chi connectivity index (χ0n) is 10.3. The van der Waals surface area contributed by atoms with E-state index in [-0.39, 0.29) is 24.8 Å². The molecule has 0 bridgehead atoms. The van der Waals surface area contributed by atoms with Gasteiger partial charge in [0.25, 0.3) is 0 Å². The van der Waals surface area contributed by atoms with Gasteiger partial charge in [0.05, 0.1) is 25.7 Å². The number of methoxy groups -OCH3 is 1. The summed E-state index contributed by atoms with van der Waals surface area (Å²) in [5.74, 6) is 0.121. The van der Waals surface area contributed by atoms with E-state index < -0.39 is 0 Å². The van der Waals surface area contributed by atoms with Crippen LogP contribution in [0.25, 0.3) is 0 Å². The van der Waals surface area contributed by atoms with Crippen molar-refractivity contribution in [2.45, 2.75) is 20.3 Å². The summed E-state index contributed by atoms with van der Waals surface area (Å²) in [5, 5.41) is 0. The molecule has 0 saturated heterocycles. The number of ketones is 1. The first kappa shape index (κ1) is 13.2. The zero-order valence-corrected chi connectivity index (χ0v) is 10.3. The van der Waals surface area contributed by atoms with E-state index in [1.54, 1.807) is 12.1 Å². The number of Topliss-reactive ketones (excluding diaryl/α,β-unsaturated/α-hetero) is 1. The van der Waals surface area contributed by atoms with Gasteiger partial charge in [0.2, 0.25) is 0 Å². The molecule has 0 atom stereocenters. The Morgan fingerprint density at radius 1 is 1.29 bits per heavy atom. The van der Waals surface area contributed by atoms with Gasteiger partial charge in [-0.2, -0.15) is 0 Å². The molecule has 0 aliphatic heterocycles. The number of benzene rings is 1. The average Bonchev–Trinajstić information content (AvgIpc) is 2.30. The van der Waals surface area contributed by atoms with Crippen molar-refractivity contribution in [1.82, 2.24) is 0 Å². The molecule has 0 aliphatic carbocycles. The summed E-state index contributed by atoms with van der Waals surface area (Å²) in [4.78, 5) is 22.3. The molecule has 4 heteroatoms. The van der Waals surface area contributed by atoms with Gasteiger partial charge >= 0.3 is 5.97 Å². The quantitative estimate of drug-likeness (QED) is 0.580. The van der Waals surface area contributed by atoms with E-state index in [0.29, 0.717) is 11.3 Å². The Morgan fingerprint density at radius 2 is 2.00 bits per heavy atom. The summed E-state index contributed by atoms with van der Waals surface area (Å²) in [6.07, 6.45) is 0.168. The Bertz CT molecular complexity index is 423. The number of aryl methyl sites for hydroxylation is 1. The minimum Gasteiger partial charge on any atom is -0.492 e. The van der Waals surface area contributed by atoms with Crippen LogP contribution in [0.3, 0.4) is 0 Å². The molecule has 0 heterocycles. The van der Waals surface area contributed by atoms with Crippen molar-refractivity contribution < 1.29 is 19.1 Å². The van der Waals surface area contributed by atoms with Gasteiger partial charge < -0.3 is 9.47 Å². The average molecular weight is 236 g/mol. The summed E-state index contributed by atoms with van der Waals surface area (Å²) in [5.41, 5.74) is 1.53. The van der Waals surface area contributed by atoms with Crippen molar-refractivity contribution in [2.75, 3.05) is 13.7 Å². The largest absolute Gasteiger partial charge is 0.492 e. The van der Waals surface area contributed by atoms with Crippen LogP contribution < -0.4 is 4.74 Å². The molecule has 17 heavy (non-hydrogen) atoms. The lowest BCUT2D eigenvalue weighted by molar-refractivity contribution is -0.141. The lowest BCUT2D eigenvalue weighted by Crippen LogP contribution is -2.09. The number of esters is 1. The maximum absolute atomic E-state index is 11.4. The van der Waals surface area contributed by atoms with Crippen molar-refractivity contribution in [3.63, 3.8) is 0 Å². The molecule has 0 fully saturated rings. The molecule has 0 unspecified atom stereocenters. The minimum atomic E-state index is -0.332. The molecular weight excluding hydrogens is 220 g/mol. The van der Waals surface area contributed by atoms with Crippen LogP contribution in [-0.4, -0.2) is 25.5 Å². The van der Waals surface area contributed by atoms with Gasteiger partial charge in [-0.15, -0.1) is 0 Å². The first-order valence-electron chi connectivity index (χ1n) is 5.36. The first-order chi connectivity index (χ1) is 8.04. The van der Waals surface area contributed by atoms with Crippen LogP contribution in [0, 0.1) is 6.92 Å². The molecule has 0 saturated carbocycles. The third-order valence-electron chi connectivity index (χ3n) is 2.31. The first-order valence-corrected chi connectivity index (χ1v) is 5.36. The summed E-state index contributed by atoms with van der Waals surface area (Å²) in [6.45, 7) is 3.60. The van der Waals surface area contributed by atoms with E-state index in [0.717, 1.165) is 5.56 Å². The number of hydrogen-bond acceptors (Lipinski definition) is 4. The maximum Gasteiger partial charge on any atom is 0.308 e. The molecule has 0 N–H and O–H groups in total. The Kier molecular flexibility index (Phi) is 4.69. The van der Waals surface area contributed by atoms with Gasteiger partial charge in [-0.25, -0.2) is 0 Å². The van der Waals surface area contributed by atoms with Crippen LogP contribution in [0.1, 0.15) is 29.3 Å². The van der Waals surface area contributed by atoms with E-state index in [4.69, 9.17) is 4.74 Å². The molecule has 92 valence electrons. The molecule has 0 spiro atoms. The predicted octanol–water partition coefficient (Wildman–Crippen LogP) is 2.14. The molecule has 0 aliphatic rings. The van der Waals surface area contributed by atoms with Crippen LogP contribution in [0.2, 0.25) is 0 Å². The van der Waals surface area contributed by atoms with Crippen molar-refractivity contribution >= 4 is 11.8 Å². The van der Waals surface area contributed by atoms with Gasteiger partial charge in [-0.3, -0.25) is 9.59 Å². The molecule has 1 aromatic carbocycles. The van der Waals surface area contributed by atoms with Crippen molar-refractivity contribution in [3.05, 3.63) is 29.3 Å². The number of ether oxygens (including phenoxy) is 2. The Hall–Kier alpha value is -1.84. The Labute approximate surface area is 101 Å². The fourth-order valence-electron chi connectivity index (χ4n) is 1.39. The zero-order chi connectivity index (χ0) is 12.8. The van der Waals surface area contributed by atoms with E-state index in [1.165, 1.54) is 14.0 Å². The lowest BCUT2D eigenvalue weighted by Gasteiger charge is -2.09. The van der Waals surface area contributed by atoms with Gasteiger partial charge in [-0.05, 0) is 26.0 Å². The lowest BCUT2D eigenvalue weighted by atomic mass is 10.1. The van der Waals surface area contributed by atoms with Crippen LogP contribution in [-0.2, 0) is 9.53 Å². The highest BCUT2D eigenvalue weighted by atomic mass is 16.5. The van der Waals surface area contributed by atoms with E-state index in [2.05, 4.69) is 4.74 Å². The second kappa shape index (κ2) is 6.03. The molecular formula is C13H16O4. The molecule has 1 aromatic rings. The number of rotatable bonds is 5. The molecule has 0 aromatic heterocycles. The SMILES string of the molecule is COC(=O)CCOc1ccc(C)cc1C(C)=O. The standard InChI is InChI=1S/C13H16O4/c1-9-4-5-12(11(8-9)10(2)14)17-7-6-13(15)16-3/h4-5,8H,6-7H2,1-3H3. The van der Waals surface area contributed by atoms with E-state index >= 15 is 0 Å². The smallest absolute Gasteiger partial charge is 0.308 e. The van der Waals surface area contributed by atoms with Gasteiger partial charge in [0, 0.05) is 0 Å². The van der Waals surface area contributed by atoms with Crippen molar-refractivity contribution in [2.24, 2.45) is 0 Å². The third-order valence-corrected chi connectivity index (χ3v) is 2.31. The van der Waals surface area contributed by atoms with Crippen LogP contribution in [0.15, 0.2) is 18.2 Å². The number of hydrogen-bond donors (Lipinski definition) is 0. The van der Waals surface area contributed by atoms with Crippen molar-refractivity contribution in [3.8, 4) is 5.75 Å². The fourth-order valence-corrected chi connectivity index (χ4v) is 1.39. The highest BCUT2D eigenvalue weighted by molar-refractivity contribution is 5.97. The molecule has 0 amide bonds. The monoisotopic (exact) mass is 236 g/mol. The molecule has 4 nitrogen and oxygen atoms in total. The summed E-state index contributed by atoms with van der Waals surface area (Å²) in [7, 11) is 1.33. The van der Waals surface area contributed by atoms with Crippen LogP contribution >= 0.6 is 0 Å². The molecule has 0 radical (unpaired) electrons. The maximum atomic E-state index is 11.4. The fraction of sp³-hybridized carbons (Fsp3) is 0.385.